The van der Waals surface area contributed by atoms with Crippen molar-refractivity contribution in [3.05, 3.63) is 41.4 Å². The molecule has 19 heavy (non-hydrogen) atoms. The predicted molar refractivity (Wildman–Crippen MR) is 77.6 cm³/mol. The minimum atomic E-state index is 0.731. The van der Waals surface area contributed by atoms with E-state index in [0.29, 0.717) is 0 Å². The molecule has 0 aliphatic carbocycles. The first-order valence-electron chi connectivity index (χ1n) is 6.38. The van der Waals surface area contributed by atoms with Gasteiger partial charge in [-0.15, -0.1) is 10.2 Å². The van der Waals surface area contributed by atoms with Gasteiger partial charge in [-0.25, -0.2) is 0 Å². The molecule has 0 spiro atoms. The Labute approximate surface area is 117 Å². The average Bonchev–Trinajstić information content (AvgIpc) is 2.49. The Morgan fingerprint density at radius 3 is 2.32 bits per heavy atom. The van der Waals surface area contributed by atoms with Crippen molar-refractivity contribution in [2.45, 2.75) is 0 Å². The van der Waals surface area contributed by atoms with Gasteiger partial charge in [-0.3, -0.25) is 0 Å². The second-order valence-electron chi connectivity index (χ2n) is 4.52. The molecule has 2 aromatic rings. The van der Waals surface area contributed by atoms with E-state index in [4.69, 9.17) is 11.6 Å². The van der Waals surface area contributed by atoms with Crippen molar-refractivity contribution in [1.29, 1.82) is 0 Å². The summed E-state index contributed by atoms with van der Waals surface area (Å²) in [7, 11) is 0. The summed E-state index contributed by atoms with van der Waals surface area (Å²) in [6.07, 6.45) is 0. The zero-order valence-electron chi connectivity index (χ0n) is 10.5. The van der Waals surface area contributed by atoms with E-state index in [1.807, 2.05) is 36.4 Å². The van der Waals surface area contributed by atoms with Gasteiger partial charge in [0.25, 0.3) is 0 Å². The molecule has 1 aromatic carbocycles. The first-order chi connectivity index (χ1) is 9.33. The summed E-state index contributed by atoms with van der Waals surface area (Å²) in [5.41, 5.74) is 1.90. The average molecular weight is 275 g/mol. The van der Waals surface area contributed by atoms with Crippen LogP contribution in [0, 0.1) is 0 Å². The quantitative estimate of drug-likeness (QED) is 0.912. The van der Waals surface area contributed by atoms with Crippen molar-refractivity contribution in [3.63, 3.8) is 0 Å². The minimum absolute atomic E-state index is 0.731. The van der Waals surface area contributed by atoms with Crippen molar-refractivity contribution >= 4 is 17.4 Å². The van der Waals surface area contributed by atoms with Crippen LogP contribution in [-0.4, -0.2) is 36.4 Å². The molecule has 0 amide bonds. The van der Waals surface area contributed by atoms with E-state index in [2.05, 4.69) is 20.4 Å². The molecule has 2 heterocycles. The van der Waals surface area contributed by atoms with E-state index in [1.165, 1.54) is 0 Å². The van der Waals surface area contributed by atoms with E-state index in [1.54, 1.807) is 0 Å². The molecule has 1 aliphatic rings. The fraction of sp³-hybridized carbons (Fsp3) is 0.286. The number of halogens is 1. The van der Waals surface area contributed by atoms with Crippen LogP contribution in [0.1, 0.15) is 0 Å². The standard InChI is InChI=1S/C14H15ClN4/c15-12-3-1-11(2-4-12)13-5-6-14(18-17-13)19-9-7-16-8-10-19/h1-6,16H,7-10H2. The third-order valence-electron chi connectivity index (χ3n) is 3.23. The minimum Gasteiger partial charge on any atom is -0.353 e. The van der Waals surface area contributed by atoms with Crippen molar-refractivity contribution < 1.29 is 0 Å². The first-order valence-corrected chi connectivity index (χ1v) is 6.76. The van der Waals surface area contributed by atoms with E-state index in [-0.39, 0.29) is 0 Å². The van der Waals surface area contributed by atoms with Crippen molar-refractivity contribution in [3.8, 4) is 11.3 Å². The molecule has 1 aromatic heterocycles. The zero-order valence-corrected chi connectivity index (χ0v) is 11.3. The Morgan fingerprint density at radius 1 is 0.947 bits per heavy atom. The molecular weight excluding hydrogens is 260 g/mol. The highest BCUT2D eigenvalue weighted by Gasteiger charge is 2.12. The van der Waals surface area contributed by atoms with Crippen LogP contribution in [0.5, 0.6) is 0 Å². The van der Waals surface area contributed by atoms with Crippen LogP contribution in [-0.2, 0) is 0 Å². The summed E-state index contributed by atoms with van der Waals surface area (Å²) in [6.45, 7) is 3.96. The summed E-state index contributed by atoms with van der Waals surface area (Å²) < 4.78 is 0. The van der Waals surface area contributed by atoms with Crippen molar-refractivity contribution in [2.75, 3.05) is 31.1 Å². The second kappa shape index (κ2) is 5.55. The fourth-order valence-electron chi connectivity index (χ4n) is 2.16. The van der Waals surface area contributed by atoms with Crippen LogP contribution in [0.2, 0.25) is 5.02 Å². The first kappa shape index (κ1) is 12.4. The molecule has 5 heteroatoms. The van der Waals surface area contributed by atoms with Gasteiger partial charge in [0.2, 0.25) is 0 Å². The molecule has 1 aliphatic heterocycles. The second-order valence-corrected chi connectivity index (χ2v) is 4.96. The Kier molecular flexibility index (Phi) is 3.62. The third-order valence-corrected chi connectivity index (χ3v) is 3.48. The smallest absolute Gasteiger partial charge is 0.151 e. The summed E-state index contributed by atoms with van der Waals surface area (Å²) in [4.78, 5) is 2.25. The maximum atomic E-state index is 5.88. The van der Waals surface area contributed by atoms with Crippen LogP contribution in [0.15, 0.2) is 36.4 Å². The largest absolute Gasteiger partial charge is 0.353 e. The fourth-order valence-corrected chi connectivity index (χ4v) is 2.29. The van der Waals surface area contributed by atoms with Crippen LogP contribution < -0.4 is 10.2 Å². The molecule has 3 rings (SSSR count). The lowest BCUT2D eigenvalue weighted by atomic mass is 10.1. The number of hydrogen-bond donors (Lipinski definition) is 1. The summed E-state index contributed by atoms with van der Waals surface area (Å²) in [6, 6.07) is 11.7. The normalized spacial score (nSPS) is 15.5. The molecule has 1 saturated heterocycles. The monoisotopic (exact) mass is 274 g/mol. The lowest BCUT2D eigenvalue weighted by Crippen LogP contribution is -2.43. The van der Waals surface area contributed by atoms with E-state index in [9.17, 15) is 0 Å². The van der Waals surface area contributed by atoms with Gasteiger partial charge in [0.1, 0.15) is 0 Å². The molecule has 0 unspecified atom stereocenters. The van der Waals surface area contributed by atoms with Gasteiger partial charge in [-0.05, 0) is 24.3 Å². The highest BCUT2D eigenvalue weighted by Crippen LogP contribution is 2.20. The van der Waals surface area contributed by atoms with E-state index >= 15 is 0 Å². The van der Waals surface area contributed by atoms with Crippen LogP contribution in [0.3, 0.4) is 0 Å². The Hall–Kier alpha value is -1.65. The van der Waals surface area contributed by atoms with Gasteiger partial charge < -0.3 is 10.2 Å². The maximum absolute atomic E-state index is 5.88. The number of benzene rings is 1. The topological polar surface area (TPSA) is 41.0 Å². The van der Waals surface area contributed by atoms with E-state index in [0.717, 1.165) is 48.3 Å². The molecular formula is C14H15ClN4. The number of rotatable bonds is 2. The summed E-state index contributed by atoms with van der Waals surface area (Å²) >= 11 is 5.88. The Morgan fingerprint density at radius 2 is 1.68 bits per heavy atom. The van der Waals surface area contributed by atoms with Crippen LogP contribution >= 0.6 is 11.6 Å². The third kappa shape index (κ3) is 2.85. The number of aromatic nitrogens is 2. The van der Waals surface area contributed by atoms with Crippen molar-refractivity contribution in [2.24, 2.45) is 0 Å². The maximum Gasteiger partial charge on any atom is 0.151 e. The van der Waals surface area contributed by atoms with Gasteiger partial charge in [-0.2, -0.15) is 0 Å². The molecule has 0 radical (unpaired) electrons. The summed E-state index contributed by atoms with van der Waals surface area (Å²) in [5, 5.41) is 12.7. The molecule has 0 bridgehead atoms. The molecule has 0 saturated carbocycles. The highest BCUT2D eigenvalue weighted by molar-refractivity contribution is 6.30. The van der Waals surface area contributed by atoms with Gasteiger partial charge >= 0.3 is 0 Å². The highest BCUT2D eigenvalue weighted by atomic mass is 35.5. The number of nitrogens with zero attached hydrogens (tertiary/aromatic N) is 3. The van der Waals surface area contributed by atoms with E-state index < -0.39 is 0 Å². The van der Waals surface area contributed by atoms with Gasteiger partial charge in [0.05, 0.1) is 5.69 Å². The SMILES string of the molecule is Clc1ccc(-c2ccc(N3CCNCC3)nn2)cc1. The Bertz CT molecular complexity index is 532. The van der Waals surface area contributed by atoms with Gasteiger partial charge in [0, 0.05) is 36.8 Å². The molecule has 98 valence electrons. The lowest BCUT2D eigenvalue weighted by molar-refractivity contribution is 0.583. The molecule has 0 atom stereocenters. The zero-order chi connectivity index (χ0) is 13.1. The number of hydrogen-bond acceptors (Lipinski definition) is 4. The lowest BCUT2D eigenvalue weighted by Gasteiger charge is -2.27. The predicted octanol–water partition coefficient (Wildman–Crippen LogP) is 2.21. The number of nitrogens with one attached hydrogen (secondary N) is 1. The summed E-state index contributed by atoms with van der Waals surface area (Å²) in [5.74, 6) is 0.944. The van der Waals surface area contributed by atoms with Gasteiger partial charge in [-0.1, -0.05) is 23.7 Å². The van der Waals surface area contributed by atoms with Crippen LogP contribution in [0.4, 0.5) is 5.82 Å². The molecule has 4 nitrogen and oxygen atoms in total. The number of anilines is 1. The molecule has 1 N–H and O–H groups in total. The van der Waals surface area contributed by atoms with Crippen LogP contribution in [0.25, 0.3) is 11.3 Å². The van der Waals surface area contributed by atoms with Crippen molar-refractivity contribution in [1.82, 2.24) is 15.5 Å². The molecule has 1 fully saturated rings. The Balaban J connectivity index is 1.80. The van der Waals surface area contributed by atoms with Gasteiger partial charge in [0.15, 0.2) is 5.82 Å². The number of piperazine rings is 1.